The van der Waals surface area contributed by atoms with Gasteiger partial charge < -0.3 is 10.4 Å². The van der Waals surface area contributed by atoms with Crippen LogP contribution in [-0.2, 0) is 0 Å². The zero-order valence-electron chi connectivity index (χ0n) is 10.2. The fourth-order valence-electron chi connectivity index (χ4n) is 2.46. The lowest BCUT2D eigenvalue weighted by Crippen LogP contribution is -2.47. The molecule has 17 heavy (non-hydrogen) atoms. The zero-order valence-corrected chi connectivity index (χ0v) is 10.2. The third kappa shape index (κ3) is 2.78. The van der Waals surface area contributed by atoms with Crippen molar-refractivity contribution in [1.82, 2.24) is 5.32 Å². The van der Waals surface area contributed by atoms with Gasteiger partial charge in [0.05, 0.1) is 5.56 Å². The van der Waals surface area contributed by atoms with Gasteiger partial charge in [-0.3, -0.25) is 4.79 Å². The lowest BCUT2D eigenvalue weighted by molar-refractivity contribution is 0.0880. The molecule has 1 fully saturated rings. The summed E-state index contributed by atoms with van der Waals surface area (Å²) in [6, 6.07) is 6.67. The SMILES string of the molecule is CC1(NC(=O)c2ccccc2O)CCCCC1. The highest BCUT2D eigenvalue weighted by molar-refractivity contribution is 5.97. The Labute approximate surface area is 102 Å². The molecule has 0 aromatic heterocycles. The average molecular weight is 233 g/mol. The third-order valence-electron chi connectivity index (χ3n) is 3.52. The Kier molecular flexibility index (Phi) is 3.36. The van der Waals surface area contributed by atoms with E-state index in [0.29, 0.717) is 5.56 Å². The summed E-state index contributed by atoms with van der Waals surface area (Å²) in [5.74, 6) is -0.128. The molecule has 0 saturated heterocycles. The number of phenols is 1. The second-order valence-corrected chi connectivity index (χ2v) is 5.09. The minimum atomic E-state index is -0.174. The van der Waals surface area contributed by atoms with E-state index < -0.39 is 0 Å². The molecule has 0 atom stereocenters. The summed E-state index contributed by atoms with van der Waals surface area (Å²) in [5.41, 5.74) is 0.247. The number of amides is 1. The van der Waals surface area contributed by atoms with Gasteiger partial charge >= 0.3 is 0 Å². The van der Waals surface area contributed by atoms with E-state index in [9.17, 15) is 9.90 Å². The molecule has 2 rings (SSSR count). The maximum atomic E-state index is 12.1. The Hall–Kier alpha value is -1.51. The van der Waals surface area contributed by atoms with Crippen molar-refractivity contribution in [2.45, 2.75) is 44.6 Å². The summed E-state index contributed by atoms with van der Waals surface area (Å²) in [6.45, 7) is 2.09. The van der Waals surface area contributed by atoms with Gasteiger partial charge in [-0.25, -0.2) is 0 Å². The van der Waals surface area contributed by atoms with Crippen LogP contribution in [0.2, 0.25) is 0 Å². The molecular weight excluding hydrogens is 214 g/mol. The summed E-state index contributed by atoms with van der Waals surface area (Å²) in [5, 5.41) is 12.7. The van der Waals surface area contributed by atoms with Gasteiger partial charge in [0.15, 0.2) is 0 Å². The molecular formula is C14H19NO2. The monoisotopic (exact) mass is 233 g/mol. The van der Waals surface area contributed by atoms with Crippen LogP contribution >= 0.6 is 0 Å². The summed E-state index contributed by atoms with van der Waals surface area (Å²) < 4.78 is 0. The van der Waals surface area contributed by atoms with Gasteiger partial charge in [-0.05, 0) is 31.9 Å². The van der Waals surface area contributed by atoms with Gasteiger partial charge in [0, 0.05) is 5.54 Å². The van der Waals surface area contributed by atoms with Crippen LogP contribution in [-0.4, -0.2) is 16.6 Å². The number of aromatic hydroxyl groups is 1. The quantitative estimate of drug-likeness (QED) is 0.825. The maximum Gasteiger partial charge on any atom is 0.255 e. The molecule has 0 aliphatic heterocycles. The van der Waals surface area contributed by atoms with E-state index in [2.05, 4.69) is 12.2 Å². The molecule has 1 saturated carbocycles. The van der Waals surface area contributed by atoms with Crippen molar-refractivity contribution >= 4 is 5.91 Å². The second-order valence-electron chi connectivity index (χ2n) is 5.09. The van der Waals surface area contributed by atoms with Crippen molar-refractivity contribution in [3.8, 4) is 5.75 Å². The minimum Gasteiger partial charge on any atom is -0.507 e. The van der Waals surface area contributed by atoms with E-state index in [4.69, 9.17) is 0 Å². The Morgan fingerprint density at radius 1 is 1.24 bits per heavy atom. The molecule has 1 aromatic rings. The predicted molar refractivity (Wildman–Crippen MR) is 67.1 cm³/mol. The van der Waals surface area contributed by atoms with E-state index >= 15 is 0 Å². The topological polar surface area (TPSA) is 49.3 Å². The van der Waals surface area contributed by atoms with Crippen LogP contribution in [0.4, 0.5) is 0 Å². The first-order chi connectivity index (χ1) is 8.11. The van der Waals surface area contributed by atoms with Crippen LogP contribution in [0.1, 0.15) is 49.4 Å². The summed E-state index contributed by atoms with van der Waals surface area (Å²) >= 11 is 0. The van der Waals surface area contributed by atoms with Crippen molar-refractivity contribution in [3.63, 3.8) is 0 Å². The maximum absolute atomic E-state index is 12.1. The molecule has 2 N–H and O–H groups in total. The number of phenolic OH excluding ortho intramolecular Hbond substituents is 1. The van der Waals surface area contributed by atoms with Crippen molar-refractivity contribution in [2.24, 2.45) is 0 Å². The Bertz CT molecular complexity index is 408. The van der Waals surface area contributed by atoms with E-state index in [0.717, 1.165) is 25.7 Å². The molecule has 0 bridgehead atoms. The van der Waals surface area contributed by atoms with Crippen LogP contribution in [0.3, 0.4) is 0 Å². The first-order valence-corrected chi connectivity index (χ1v) is 6.21. The fourth-order valence-corrected chi connectivity index (χ4v) is 2.46. The normalized spacial score (nSPS) is 18.6. The standard InChI is InChI=1S/C14H19NO2/c1-14(9-5-2-6-10-14)15-13(17)11-7-3-4-8-12(11)16/h3-4,7-8,16H,2,5-6,9-10H2,1H3,(H,15,17). The summed E-state index contributed by atoms with van der Waals surface area (Å²) in [4.78, 5) is 12.1. The third-order valence-corrected chi connectivity index (χ3v) is 3.52. The van der Waals surface area contributed by atoms with Gasteiger partial charge in [-0.2, -0.15) is 0 Å². The molecule has 3 heteroatoms. The van der Waals surface area contributed by atoms with Crippen molar-refractivity contribution < 1.29 is 9.90 Å². The van der Waals surface area contributed by atoms with E-state index in [1.165, 1.54) is 12.5 Å². The van der Waals surface area contributed by atoms with Crippen LogP contribution in [0, 0.1) is 0 Å². The highest BCUT2D eigenvalue weighted by Crippen LogP contribution is 2.28. The van der Waals surface area contributed by atoms with Crippen LogP contribution < -0.4 is 5.32 Å². The lowest BCUT2D eigenvalue weighted by atomic mass is 9.83. The number of hydrogen-bond acceptors (Lipinski definition) is 2. The number of rotatable bonds is 2. The number of nitrogens with one attached hydrogen (secondary N) is 1. The average Bonchev–Trinajstić information content (AvgIpc) is 2.29. The number of para-hydroxylation sites is 1. The lowest BCUT2D eigenvalue weighted by Gasteiger charge is -2.34. The smallest absolute Gasteiger partial charge is 0.255 e. The van der Waals surface area contributed by atoms with Crippen LogP contribution in [0.5, 0.6) is 5.75 Å². The van der Waals surface area contributed by atoms with Crippen LogP contribution in [0.25, 0.3) is 0 Å². The highest BCUT2D eigenvalue weighted by Gasteiger charge is 2.29. The van der Waals surface area contributed by atoms with E-state index in [-0.39, 0.29) is 17.2 Å². The van der Waals surface area contributed by atoms with E-state index in [1.807, 2.05) is 0 Å². The molecule has 1 aliphatic carbocycles. The predicted octanol–water partition coefficient (Wildman–Crippen LogP) is 2.84. The Morgan fingerprint density at radius 3 is 2.53 bits per heavy atom. The molecule has 3 nitrogen and oxygen atoms in total. The number of hydrogen-bond donors (Lipinski definition) is 2. The van der Waals surface area contributed by atoms with Gasteiger partial charge in [0.25, 0.3) is 5.91 Å². The summed E-state index contributed by atoms with van der Waals surface area (Å²) in [7, 11) is 0. The highest BCUT2D eigenvalue weighted by atomic mass is 16.3. The minimum absolute atomic E-state index is 0.0457. The van der Waals surface area contributed by atoms with Gasteiger partial charge in [0.1, 0.15) is 5.75 Å². The zero-order chi connectivity index (χ0) is 12.3. The number of carbonyl (C=O) groups is 1. The number of benzene rings is 1. The van der Waals surface area contributed by atoms with Gasteiger partial charge in [0.2, 0.25) is 0 Å². The Balaban J connectivity index is 2.09. The number of carbonyl (C=O) groups excluding carboxylic acids is 1. The van der Waals surface area contributed by atoms with Crippen molar-refractivity contribution in [2.75, 3.05) is 0 Å². The van der Waals surface area contributed by atoms with Gasteiger partial charge in [-0.1, -0.05) is 31.4 Å². The molecule has 92 valence electrons. The first-order valence-electron chi connectivity index (χ1n) is 6.21. The molecule has 1 amide bonds. The van der Waals surface area contributed by atoms with Crippen molar-refractivity contribution in [1.29, 1.82) is 0 Å². The van der Waals surface area contributed by atoms with Crippen molar-refractivity contribution in [3.05, 3.63) is 29.8 Å². The largest absolute Gasteiger partial charge is 0.507 e. The second kappa shape index (κ2) is 4.78. The molecule has 0 heterocycles. The molecule has 0 radical (unpaired) electrons. The van der Waals surface area contributed by atoms with Crippen LogP contribution in [0.15, 0.2) is 24.3 Å². The van der Waals surface area contributed by atoms with Gasteiger partial charge in [-0.15, -0.1) is 0 Å². The molecule has 1 aromatic carbocycles. The molecule has 0 unspecified atom stereocenters. The molecule has 1 aliphatic rings. The first kappa shape index (κ1) is 12.0. The van der Waals surface area contributed by atoms with E-state index in [1.54, 1.807) is 18.2 Å². The Morgan fingerprint density at radius 2 is 1.88 bits per heavy atom. The summed E-state index contributed by atoms with van der Waals surface area (Å²) in [6.07, 6.45) is 5.62. The molecule has 0 spiro atoms. The fraction of sp³-hybridized carbons (Fsp3) is 0.500.